The van der Waals surface area contributed by atoms with Crippen LogP contribution in [0.15, 0.2) is 41.7 Å². The molecular formula is C16H22N4O3. The molecule has 0 bridgehead atoms. The van der Waals surface area contributed by atoms with E-state index in [1.165, 1.54) is 5.06 Å². The number of anilines is 1. The van der Waals surface area contributed by atoms with Gasteiger partial charge < -0.3 is 15.0 Å². The Morgan fingerprint density at radius 3 is 2.35 bits per heavy atom. The molecule has 23 heavy (non-hydrogen) atoms. The summed E-state index contributed by atoms with van der Waals surface area (Å²) in [6, 6.07) is 9.62. The average Bonchev–Trinajstić information content (AvgIpc) is 2.66. The van der Waals surface area contributed by atoms with E-state index in [0.29, 0.717) is 12.4 Å². The zero-order chi connectivity index (χ0) is 17.0. The fraction of sp³-hybridized carbons (Fsp3) is 0.500. The van der Waals surface area contributed by atoms with Crippen LogP contribution in [0.1, 0.15) is 27.7 Å². The van der Waals surface area contributed by atoms with Gasteiger partial charge in [0.25, 0.3) is 5.70 Å². The third-order valence-corrected chi connectivity index (χ3v) is 4.83. The van der Waals surface area contributed by atoms with Gasteiger partial charge in [-0.3, -0.25) is 10.1 Å². The van der Waals surface area contributed by atoms with Crippen molar-refractivity contribution < 1.29 is 10.1 Å². The van der Waals surface area contributed by atoms with E-state index in [-0.39, 0.29) is 17.2 Å². The molecule has 7 nitrogen and oxygen atoms in total. The van der Waals surface area contributed by atoms with Gasteiger partial charge in [0.2, 0.25) is 0 Å². The number of para-hydroxylation sites is 1. The molecule has 0 spiro atoms. The van der Waals surface area contributed by atoms with Crippen molar-refractivity contribution in [2.75, 3.05) is 18.1 Å². The summed E-state index contributed by atoms with van der Waals surface area (Å²) in [5.74, 6) is 0. The van der Waals surface area contributed by atoms with Crippen LogP contribution in [0.2, 0.25) is 0 Å². The fourth-order valence-electron chi connectivity index (χ4n) is 3.69. The second-order valence-electron chi connectivity index (χ2n) is 7.02. The third-order valence-electron chi connectivity index (χ3n) is 4.83. The molecule has 2 heterocycles. The van der Waals surface area contributed by atoms with E-state index >= 15 is 0 Å². The maximum absolute atomic E-state index is 11.7. The molecule has 0 radical (unpaired) electrons. The molecule has 2 aliphatic rings. The third kappa shape index (κ3) is 2.19. The largest absolute Gasteiger partial charge is 0.343 e. The van der Waals surface area contributed by atoms with Crippen molar-refractivity contribution in [2.45, 2.75) is 38.9 Å². The number of nitro groups is 1. The topological polar surface area (TPSA) is 73.1 Å². The Labute approximate surface area is 135 Å². The standard InChI is InChI=1S/C16H22N4O3/c1-15(2)14-13(19(21)22)10-17(12-8-6-5-7-9-12)11-18(14)16(3,4)20(15)23/h5-9,23H,10-11H2,1-4H3. The van der Waals surface area contributed by atoms with Crippen LogP contribution >= 0.6 is 0 Å². The summed E-state index contributed by atoms with van der Waals surface area (Å²) in [7, 11) is 0. The van der Waals surface area contributed by atoms with Gasteiger partial charge in [-0.25, -0.2) is 0 Å². The Kier molecular flexibility index (Phi) is 3.38. The van der Waals surface area contributed by atoms with Gasteiger partial charge in [0.05, 0.1) is 17.1 Å². The van der Waals surface area contributed by atoms with Crippen LogP contribution in [-0.2, 0) is 0 Å². The van der Waals surface area contributed by atoms with Crippen LogP contribution in [0.3, 0.4) is 0 Å². The molecule has 124 valence electrons. The Bertz CT molecular complexity index is 669. The molecule has 0 amide bonds. The minimum Gasteiger partial charge on any atom is -0.343 e. The smallest absolute Gasteiger partial charge is 0.286 e. The molecule has 1 aromatic rings. The first-order valence-corrected chi connectivity index (χ1v) is 7.62. The van der Waals surface area contributed by atoms with Crippen molar-refractivity contribution in [3.8, 4) is 0 Å². The van der Waals surface area contributed by atoms with E-state index < -0.39 is 11.2 Å². The van der Waals surface area contributed by atoms with Gasteiger partial charge in [0.15, 0.2) is 0 Å². The van der Waals surface area contributed by atoms with Crippen LogP contribution in [-0.4, -0.2) is 44.5 Å². The lowest BCUT2D eigenvalue weighted by Crippen LogP contribution is -2.53. The number of benzene rings is 1. The molecule has 0 saturated carbocycles. The fourth-order valence-corrected chi connectivity index (χ4v) is 3.69. The summed E-state index contributed by atoms with van der Waals surface area (Å²) < 4.78 is 0. The number of nitrogens with zero attached hydrogens (tertiary/aromatic N) is 4. The quantitative estimate of drug-likeness (QED) is 0.667. The second-order valence-corrected chi connectivity index (χ2v) is 7.02. The average molecular weight is 318 g/mol. The van der Waals surface area contributed by atoms with E-state index in [9.17, 15) is 15.3 Å². The Hall–Kier alpha value is -2.12. The van der Waals surface area contributed by atoms with Crippen LogP contribution in [0.25, 0.3) is 0 Å². The minimum atomic E-state index is -0.811. The van der Waals surface area contributed by atoms with Gasteiger partial charge in [0, 0.05) is 5.69 Å². The highest BCUT2D eigenvalue weighted by atomic mass is 16.6. The van der Waals surface area contributed by atoms with Crippen LogP contribution < -0.4 is 4.90 Å². The Morgan fingerprint density at radius 1 is 1.17 bits per heavy atom. The van der Waals surface area contributed by atoms with Gasteiger partial charge in [0.1, 0.15) is 17.9 Å². The van der Waals surface area contributed by atoms with Crippen molar-refractivity contribution >= 4 is 5.69 Å². The zero-order valence-corrected chi connectivity index (χ0v) is 13.9. The number of hydroxylamine groups is 2. The highest BCUT2D eigenvalue weighted by Gasteiger charge is 2.58. The molecule has 3 rings (SSSR count). The number of rotatable bonds is 2. The van der Waals surface area contributed by atoms with Gasteiger partial charge >= 0.3 is 0 Å². The first-order valence-electron chi connectivity index (χ1n) is 7.62. The predicted molar refractivity (Wildman–Crippen MR) is 86.3 cm³/mol. The number of fused-ring (bicyclic) bond motifs is 1. The molecule has 0 atom stereocenters. The molecule has 0 aromatic heterocycles. The maximum atomic E-state index is 11.7. The predicted octanol–water partition coefficient (Wildman–Crippen LogP) is 2.47. The Balaban J connectivity index is 2.13. The lowest BCUT2D eigenvalue weighted by Gasteiger charge is -2.41. The lowest BCUT2D eigenvalue weighted by atomic mass is 9.98. The number of hydrogen-bond donors (Lipinski definition) is 1. The summed E-state index contributed by atoms with van der Waals surface area (Å²) in [6.07, 6.45) is 0. The van der Waals surface area contributed by atoms with Gasteiger partial charge in [-0.1, -0.05) is 18.2 Å². The van der Waals surface area contributed by atoms with Crippen molar-refractivity contribution in [3.63, 3.8) is 0 Å². The summed E-state index contributed by atoms with van der Waals surface area (Å²) in [6.45, 7) is 8.07. The van der Waals surface area contributed by atoms with Crippen LogP contribution in [0.4, 0.5) is 5.69 Å². The highest BCUT2D eigenvalue weighted by Crippen LogP contribution is 2.46. The molecule has 0 unspecified atom stereocenters. The highest BCUT2D eigenvalue weighted by molar-refractivity contribution is 5.49. The summed E-state index contributed by atoms with van der Waals surface area (Å²) >= 11 is 0. The van der Waals surface area contributed by atoms with E-state index in [1.54, 1.807) is 0 Å². The minimum absolute atomic E-state index is 0.134. The summed E-state index contributed by atoms with van der Waals surface area (Å²) in [5, 5.41) is 23.5. The SMILES string of the molecule is CC1(C)C2=C([N+](=O)[O-])CN(c3ccccc3)CN2C(C)(C)N1O. The summed E-state index contributed by atoms with van der Waals surface area (Å²) in [4.78, 5) is 15.2. The molecule has 1 N–H and O–H groups in total. The summed E-state index contributed by atoms with van der Waals surface area (Å²) in [5.41, 5.74) is 0.107. The van der Waals surface area contributed by atoms with Crippen LogP contribution in [0.5, 0.6) is 0 Å². The van der Waals surface area contributed by atoms with Gasteiger partial charge in [-0.15, -0.1) is 0 Å². The first-order chi connectivity index (χ1) is 10.7. The monoisotopic (exact) mass is 318 g/mol. The second kappa shape index (κ2) is 4.94. The molecule has 1 aromatic carbocycles. The van der Waals surface area contributed by atoms with E-state index in [2.05, 4.69) is 0 Å². The van der Waals surface area contributed by atoms with Crippen molar-refractivity contribution in [1.82, 2.24) is 9.96 Å². The van der Waals surface area contributed by atoms with Crippen molar-refractivity contribution in [1.29, 1.82) is 0 Å². The van der Waals surface area contributed by atoms with E-state index in [0.717, 1.165) is 5.69 Å². The molecule has 1 saturated heterocycles. The first kappa shape index (κ1) is 15.8. The lowest BCUT2D eigenvalue weighted by molar-refractivity contribution is -0.429. The molecule has 7 heteroatoms. The molecular weight excluding hydrogens is 296 g/mol. The maximum Gasteiger partial charge on any atom is 0.286 e. The Morgan fingerprint density at radius 2 is 1.78 bits per heavy atom. The molecule has 0 aliphatic carbocycles. The normalized spacial score (nSPS) is 23.2. The molecule has 1 fully saturated rings. The van der Waals surface area contributed by atoms with Gasteiger partial charge in [-0.2, -0.15) is 5.06 Å². The van der Waals surface area contributed by atoms with Crippen molar-refractivity contribution in [3.05, 3.63) is 51.8 Å². The number of hydrogen-bond acceptors (Lipinski definition) is 6. The zero-order valence-electron chi connectivity index (χ0n) is 13.9. The molecule has 2 aliphatic heterocycles. The van der Waals surface area contributed by atoms with E-state index in [1.807, 2.05) is 67.8 Å². The van der Waals surface area contributed by atoms with Crippen molar-refractivity contribution in [2.24, 2.45) is 0 Å². The van der Waals surface area contributed by atoms with Gasteiger partial charge in [-0.05, 0) is 39.8 Å². The van der Waals surface area contributed by atoms with Crippen LogP contribution in [0, 0.1) is 10.1 Å². The van der Waals surface area contributed by atoms with E-state index in [4.69, 9.17) is 0 Å².